The first-order valence-electron chi connectivity index (χ1n) is 13.2. The van der Waals surface area contributed by atoms with Crippen molar-refractivity contribution in [2.75, 3.05) is 39.0 Å². The molecular weight excluding hydrogens is 515 g/mol. The highest BCUT2D eigenvalue weighted by Crippen LogP contribution is 2.64. The molecule has 0 radical (unpaired) electrons. The van der Waals surface area contributed by atoms with Gasteiger partial charge in [0, 0.05) is 51.3 Å². The Morgan fingerprint density at radius 2 is 1.82 bits per heavy atom. The van der Waals surface area contributed by atoms with Crippen LogP contribution in [0.1, 0.15) is 33.6 Å². The topological polar surface area (TPSA) is 111 Å². The molecule has 1 aromatic carbocycles. The number of nitrogens with one attached hydrogen (secondary N) is 3. The van der Waals surface area contributed by atoms with E-state index in [0.717, 1.165) is 0 Å². The number of amides is 4. The maximum atomic E-state index is 14.1. The van der Waals surface area contributed by atoms with Gasteiger partial charge in [0.2, 0.25) is 23.6 Å². The standard InChI is InChI=1S/C27H36F3N5O4/c1-13(26(39)34(4)5)19(8-14-6-7-31-24(14)37)33-25(38)23-21-16(27(21,2)3)12-35(23)20(36)11-32-22-17(29)9-15(28)10-18(22)30/h9-10,13-14,16,19,21,23,32H,6-8,11-12H2,1-5H3,(H,31,37)(H,33,38)/t13?,14-,16-,19-,21-,23?/m0/s1. The lowest BCUT2D eigenvalue weighted by molar-refractivity contribution is -0.141. The van der Waals surface area contributed by atoms with E-state index in [-0.39, 0.29) is 41.4 Å². The van der Waals surface area contributed by atoms with Crippen LogP contribution in [0.4, 0.5) is 18.9 Å². The number of piperidine rings is 1. The largest absolute Gasteiger partial charge is 0.371 e. The Labute approximate surface area is 225 Å². The fraction of sp³-hybridized carbons (Fsp3) is 0.630. The molecule has 2 saturated heterocycles. The highest BCUT2D eigenvalue weighted by Gasteiger charge is 2.69. The summed E-state index contributed by atoms with van der Waals surface area (Å²) in [4.78, 5) is 54.9. The fourth-order valence-corrected chi connectivity index (χ4v) is 6.23. The summed E-state index contributed by atoms with van der Waals surface area (Å²) in [7, 11) is 3.24. The van der Waals surface area contributed by atoms with E-state index in [9.17, 15) is 32.3 Å². The van der Waals surface area contributed by atoms with Gasteiger partial charge in [0.15, 0.2) is 11.6 Å². The van der Waals surface area contributed by atoms with Gasteiger partial charge in [0.25, 0.3) is 0 Å². The van der Waals surface area contributed by atoms with Crippen LogP contribution in [0.2, 0.25) is 0 Å². The lowest BCUT2D eigenvalue weighted by atomic mass is 9.89. The number of benzene rings is 1. The Balaban J connectivity index is 1.51. The van der Waals surface area contributed by atoms with Crippen LogP contribution in [-0.2, 0) is 19.2 Å². The van der Waals surface area contributed by atoms with Crippen LogP contribution in [0.5, 0.6) is 0 Å². The summed E-state index contributed by atoms with van der Waals surface area (Å²) >= 11 is 0. The Kier molecular flexibility index (Phi) is 7.86. The fourth-order valence-electron chi connectivity index (χ4n) is 6.23. The molecular formula is C27H36F3N5O4. The van der Waals surface area contributed by atoms with Crippen LogP contribution in [0, 0.1) is 46.5 Å². The summed E-state index contributed by atoms with van der Waals surface area (Å²) in [6.45, 7) is 6.08. The monoisotopic (exact) mass is 551 g/mol. The number of halogens is 3. The summed E-state index contributed by atoms with van der Waals surface area (Å²) in [6.07, 6.45) is 0.878. The zero-order valence-corrected chi connectivity index (χ0v) is 22.8. The Morgan fingerprint density at radius 1 is 1.18 bits per heavy atom. The molecule has 3 fully saturated rings. The zero-order valence-electron chi connectivity index (χ0n) is 22.8. The summed E-state index contributed by atoms with van der Waals surface area (Å²) in [5.41, 5.74) is -0.811. The summed E-state index contributed by atoms with van der Waals surface area (Å²) in [5.74, 6) is -5.72. The number of carbonyl (C=O) groups is 4. The first kappa shape index (κ1) is 28.7. The van der Waals surface area contributed by atoms with Crippen LogP contribution >= 0.6 is 0 Å². The number of likely N-dealkylation sites (tertiary alicyclic amines) is 1. The second kappa shape index (κ2) is 10.7. The van der Waals surface area contributed by atoms with E-state index in [2.05, 4.69) is 16.0 Å². The van der Waals surface area contributed by atoms with Crippen molar-refractivity contribution in [3.63, 3.8) is 0 Å². The molecule has 0 bridgehead atoms. The van der Waals surface area contributed by atoms with Gasteiger partial charge in [-0.05, 0) is 30.1 Å². The number of hydrogen-bond acceptors (Lipinski definition) is 5. The lowest BCUT2D eigenvalue weighted by Gasteiger charge is -2.33. The molecule has 2 aliphatic heterocycles. The van der Waals surface area contributed by atoms with Crippen LogP contribution < -0.4 is 16.0 Å². The highest BCUT2D eigenvalue weighted by atomic mass is 19.1. The Morgan fingerprint density at radius 3 is 2.38 bits per heavy atom. The third kappa shape index (κ3) is 5.56. The van der Waals surface area contributed by atoms with Crippen molar-refractivity contribution in [3.8, 4) is 0 Å². The van der Waals surface area contributed by atoms with Crippen molar-refractivity contribution in [2.45, 2.75) is 45.7 Å². The van der Waals surface area contributed by atoms with Gasteiger partial charge in [0.05, 0.1) is 12.5 Å². The molecule has 1 saturated carbocycles. The molecule has 4 amide bonds. The van der Waals surface area contributed by atoms with Crippen molar-refractivity contribution >= 4 is 29.3 Å². The average Bonchev–Trinajstić information content (AvgIpc) is 3.19. The van der Waals surface area contributed by atoms with Gasteiger partial charge in [-0.15, -0.1) is 0 Å². The van der Waals surface area contributed by atoms with E-state index in [0.29, 0.717) is 31.6 Å². The lowest BCUT2D eigenvalue weighted by Crippen LogP contribution is -2.55. The van der Waals surface area contributed by atoms with E-state index in [1.165, 1.54) is 9.80 Å². The molecule has 39 heavy (non-hydrogen) atoms. The van der Waals surface area contributed by atoms with Gasteiger partial charge >= 0.3 is 0 Å². The molecule has 3 aliphatic rings. The van der Waals surface area contributed by atoms with E-state index in [1.54, 1.807) is 21.0 Å². The average molecular weight is 552 g/mol. The molecule has 3 N–H and O–H groups in total. The van der Waals surface area contributed by atoms with Crippen LogP contribution in [-0.4, -0.2) is 79.2 Å². The van der Waals surface area contributed by atoms with Gasteiger partial charge in [-0.2, -0.15) is 0 Å². The van der Waals surface area contributed by atoms with Gasteiger partial charge in [0.1, 0.15) is 17.5 Å². The first-order chi connectivity index (χ1) is 18.2. The molecule has 9 nitrogen and oxygen atoms in total. The van der Waals surface area contributed by atoms with Crippen LogP contribution in [0.15, 0.2) is 12.1 Å². The summed E-state index contributed by atoms with van der Waals surface area (Å²) in [6, 6.07) is -0.454. The van der Waals surface area contributed by atoms with Gasteiger partial charge < -0.3 is 25.8 Å². The second-order valence-corrected chi connectivity index (χ2v) is 11.7. The second-order valence-electron chi connectivity index (χ2n) is 11.7. The minimum absolute atomic E-state index is 0.0661. The normalized spacial score (nSPS) is 26.4. The van der Waals surface area contributed by atoms with Crippen molar-refractivity contribution in [1.82, 2.24) is 20.4 Å². The Bertz CT molecular complexity index is 1150. The number of hydrogen-bond donors (Lipinski definition) is 3. The summed E-state index contributed by atoms with van der Waals surface area (Å²) < 4.78 is 41.4. The zero-order chi connectivity index (χ0) is 28.8. The maximum absolute atomic E-state index is 14.1. The molecule has 2 heterocycles. The minimum atomic E-state index is -1.17. The predicted molar refractivity (Wildman–Crippen MR) is 137 cm³/mol. The number of nitrogens with zero attached hydrogens (tertiary/aromatic N) is 2. The molecule has 0 spiro atoms. The number of fused-ring (bicyclic) bond motifs is 1. The smallest absolute Gasteiger partial charge is 0.243 e. The summed E-state index contributed by atoms with van der Waals surface area (Å²) in [5, 5.41) is 8.16. The quantitative estimate of drug-likeness (QED) is 0.433. The maximum Gasteiger partial charge on any atom is 0.243 e. The van der Waals surface area contributed by atoms with Crippen LogP contribution in [0.3, 0.4) is 0 Å². The molecule has 2 unspecified atom stereocenters. The first-order valence-corrected chi connectivity index (χ1v) is 13.2. The van der Waals surface area contributed by atoms with Gasteiger partial charge in [-0.3, -0.25) is 19.2 Å². The number of anilines is 1. The molecule has 1 aromatic rings. The van der Waals surface area contributed by atoms with Crippen LogP contribution in [0.25, 0.3) is 0 Å². The third-order valence-corrected chi connectivity index (χ3v) is 8.68. The van der Waals surface area contributed by atoms with E-state index < -0.39 is 59.5 Å². The van der Waals surface area contributed by atoms with Gasteiger partial charge in [-0.25, -0.2) is 13.2 Å². The van der Waals surface area contributed by atoms with E-state index in [1.807, 2.05) is 13.8 Å². The van der Waals surface area contributed by atoms with Crippen molar-refractivity contribution in [2.24, 2.45) is 29.1 Å². The van der Waals surface area contributed by atoms with Crippen molar-refractivity contribution in [1.29, 1.82) is 0 Å². The Hall–Kier alpha value is -3.31. The molecule has 6 atom stereocenters. The molecule has 214 valence electrons. The minimum Gasteiger partial charge on any atom is -0.371 e. The third-order valence-electron chi connectivity index (χ3n) is 8.68. The van der Waals surface area contributed by atoms with E-state index >= 15 is 0 Å². The molecule has 12 heteroatoms. The highest BCUT2D eigenvalue weighted by molar-refractivity contribution is 5.92. The SMILES string of the molecule is CC(C(=O)N(C)C)[C@H](C[C@@H]1CCNC1=O)NC(=O)C1[C@@H]2[C@H](CN1C(=O)CNc1c(F)cc(F)cc1F)C2(C)C. The van der Waals surface area contributed by atoms with Crippen molar-refractivity contribution < 1.29 is 32.3 Å². The van der Waals surface area contributed by atoms with E-state index in [4.69, 9.17) is 0 Å². The molecule has 4 rings (SSSR count). The predicted octanol–water partition coefficient (Wildman–Crippen LogP) is 1.73. The molecule has 1 aliphatic carbocycles. The van der Waals surface area contributed by atoms with Gasteiger partial charge in [-0.1, -0.05) is 20.8 Å². The number of carbonyl (C=O) groups excluding carboxylic acids is 4. The van der Waals surface area contributed by atoms with Crippen molar-refractivity contribution in [3.05, 3.63) is 29.6 Å². The molecule has 0 aromatic heterocycles. The number of rotatable bonds is 9.